The fourth-order valence-electron chi connectivity index (χ4n) is 4.76. The Morgan fingerprint density at radius 2 is 2.05 bits per heavy atom. The van der Waals surface area contributed by atoms with Crippen LogP contribution in [-0.2, 0) is 16.6 Å². The van der Waals surface area contributed by atoms with Gasteiger partial charge in [-0.15, -0.1) is 0 Å². The highest BCUT2D eigenvalue weighted by Gasteiger charge is 2.51. The Bertz CT molecular complexity index is 518. The molecule has 19 heavy (non-hydrogen) atoms. The molecular formula is C18H24O. The quantitative estimate of drug-likeness (QED) is 0.688. The standard InChI is InChI=1S/C18H24O/c1-13-5-6-14-7-8-16-17(2,12-19)9-4-10-18(16,3)15(14)11-13/h5-6,11-12,16H,4,7-10H2,1-3H3/t16-,17+,18+/m0/s1. The van der Waals surface area contributed by atoms with Crippen molar-refractivity contribution in [3.8, 4) is 0 Å². The maximum absolute atomic E-state index is 11.7. The molecule has 0 heterocycles. The molecule has 1 aromatic carbocycles. The molecule has 1 fully saturated rings. The molecule has 2 aliphatic rings. The second-order valence-electron chi connectivity index (χ2n) is 7.15. The van der Waals surface area contributed by atoms with Crippen molar-refractivity contribution in [3.63, 3.8) is 0 Å². The van der Waals surface area contributed by atoms with Gasteiger partial charge < -0.3 is 4.79 Å². The van der Waals surface area contributed by atoms with Gasteiger partial charge in [0.05, 0.1) is 0 Å². The molecule has 0 aromatic heterocycles. The van der Waals surface area contributed by atoms with Gasteiger partial charge in [-0.3, -0.25) is 0 Å². The molecule has 0 saturated heterocycles. The van der Waals surface area contributed by atoms with E-state index in [0.29, 0.717) is 5.92 Å². The van der Waals surface area contributed by atoms with E-state index in [0.717, 1.165) is 12.8 Å². The minimum Gasteiger partial charge on any atom is -0.303 e. The third-order valence-electron chi connectivity index (χ3n) is 5.83. The third kappa shape index (κ3) is 1.78. The number of hydrogen-bond acceptors (Lipinski definition) is 1. The van der Waals surface area contributed by atoms with Gasteiger partial charge in [0, 0.05) is 5.41 Å². The Morgan fingerprint density at radius 1 is 1.26 bits per heavy atom. The van der Waals surface area contributed by atoms with Gasteiger partial charge >= 0.3 is 0 Å². The van der Waals surface area contributed by atoms with Crippen LogP contribution in [0.15, 0.2) is 18.2 Å². The molecule has 0 aliphatic heterocycles. The Labute approximate surface area is 116 Å². The molecule has 0 amide bonds. The van der Waals surface area contributed by atoms with Gasteiger partial charge in [-0.1, -0.05) is 44.0 Å². The highest BCUT2D eigenvalue weighted by Crippen LogP contribution is 2.56. The maximum Gasteiger partial charge on any atom is 0.126 e. The SMILES string of the molecule is Cc1ccc2c(c1)[C@@]1(C)CCC[C@](C)(C=O)[C@@H]1CC2. The first kappa shape index (κ1) is 12.9. The Morgan fingerprint density at radius 3 is 2.79 bits per heavy atom. The number of hydrogen-bond donors (Lipinski definition) is 0. The molecule has 0 spiro atoms. The molecule has 3 atom stereocenters. The monoisotopic (exact) mass is 256 g/mol. The van der Waals surface area contributed by atoms with Crippen LogP contribution < -0.4 is 0 Å². The van der Waals surface area contributed by atoms with E-state index in [1.807, 2.05) is 0 Å². The topological polar surface area (TPSA) is 17.1 Å². The number of aldehydes is 1. The van der Waals surface area contributed by atoms with Crippen LogP contribution >= 0.6 is 0 Å². The first-order valence-electron chi connectivity index (χ1n) is 7.56. The van der Waals surface area contributed by atoms with E-state index >= 15 is 0 Å². The van der Waals surface area contributed by atoms with Crippen molar-refractivity contribution in [2.75, 3.05) is 0 Å². The average Bonchev–Trinajstić information content (AvgIpc) is 2.39. The molecule has 102 valence electrons. The van der Waals surface area contributed by atoms with Crippen LogP contribution in [0.3, 0.4) is 0 Å². The Kier molecular flexibility index (Phi) is 2.85. The van der Waals surface area contributed by atoms with Crippen molar-refractivity contribution in [2.45, 2.75) is 58.3 Å². The number of carbonyl (C=O) groups is 1. The average molecular weight is 256 g/mol. The van der Waals surface area contributed by atoms with Crippen LogP contribution in [0.1, 0.15) is 56.2 Å². The zero-order chi connectivity index (χ0) is 13.7. The highest BCUT2D eigenvalue weighted by molar-refractivity contribution is 5.61. The van der Waals surface area contributed by atoms with Crippen LogP contribution in [0, 0.1) is 18.3 Å². The van der Waals surface area contributed by atoms with E-state index in [1.54, 1.807) is 0 Å². The van der Waals surface area contributed by atoms with E-state index in [1.165, 1.54) is 42.2 Å². The molecule has 1 nitrogen and oxygen atoms in total. The minimum absolute atomic E-state index is 0.117. The molecule has 0 radical (unpaired) electrons. The first-order chi connectivity index (χ1) is 8.99. The zero-order valence-corrected chi connectivity index (χ0v) is 12.3. The lowest BCUT2D eigenvalue weighted by molar-refractivity contribution is -0.123. The van der Waals surface area contributed by atoms with Crippen LogP contribution in [0.2, 0.25) is 0 Å². The van der Waals surface area contributed by atoms with Crippen molar-refractivity contribution in [3.05, 3.63) is 34.9 Å². The van der Waals surface area contributed by atoms with Gasteiger partial charge in [0.1, 0.15) is 6.29 Å². The summed E-state index contributed by atoms with van der Waals surface area (Å²) in [4.78, 5) is 11.7. The molecule has 1 heteroatoms. The van der Waals surface area contributed by atoms with Crippen molar-refractivity contribution in [1.82, 2.24) is 0 Å². The van der Waals surface area contributed by atoms with Crippen molar-refractivity contribution >= 4 is 6.29 Å². The van der Waals surface area contributed by atoms with Crippen LogP contribution in [0.25, 0.3) is 0 Å². The number of rotatable bonds is 1. The molecule has 0 bridgehead atoms. The predicted molar refractivity (Wildman–Crippen MR) is 78.4 cm³/mol. The van der Waals surface area contributed by atoms with Crippen molar-refractivity contribution < 1.29 is 4.79 Å². The summed E-state index contributed by atoms with van der Waals surface area (Å²) in [7, 11) is 0. The summed E-state index contributed by atoms with van der Waals surface area (Å²) in [5.41, 5.74) is 4.47. The van der Waals surface area contributed by atoms with Crippen molar-refractivity contribution in [2.24, 2.45) is 11.3 Å². The molecular weight excluding hydrogens is 232 g/mol. The van der Waals surface area contributed by atoms with Gasteiger partial charge in [-0.25, -0.2) is 0 Å². The molecule has 0 unspecified atom stereocenters. The van der Waals surface area contributed by atoms with E-state index < -0.39 is 0 Å². The van der Waals surface area contributed by atoms with Gasteiger partial charge in [-0.05, 0) is 55.1 Å². The van der Waals surface area contributed by atoms with E-state index in [2.05, 4.69) is 39.0 Å². The summed E-state index contributed by atoms with van der Waals surface area (Å²) in [6.45, 7) is 6.76. The van der Waals surface area contributed by atoms with Gasteiger partial charge in [0.2, 0.25) is 0 Å². The molecule has 0 N–H and O–H groups in total. The summed E-state index contributed by atoms with van der Waals surface area (Å²) < 4.78 is 0. The summed E-state index contributed by atoms with van der Waals surface area (Å²) in [6, 6.07) is 6.90. The number of fused-ring (bicyclic) bond motifs is 3. The van der Waals surface area contributed by atoms with E-state index in [9.17, 15) is 4.79 Å². The first-order valence-corrected chi connectivity index (χ1v) is 7.56. The van der Waals surface area contributed by atoms with E-state index in [4.69, 9.17) is 0 Å². The number of aryl methyl sites for hydroxylation is 2. The largest absolute Gasteiger partial charge is 0.303 e. The second kappa shape index (κ2) is 4.19. The van der Waals surface area contributed by atoms with Crippen LogP contribution in [-0.4, -0.2) is 6.29 Å². The summed E-state index contributed by atoms with van der Waals surface area (Å²) in [5, 5.41) is 0. The summed E-state index contributed by atoms with van der Waals surface area (Å²) >= 11 is 0. The summed E-state index contributed by atoms with van der Waals surface area (Å²) in [6.07, 6.45) is 7.03. The number of carbonyl (C=O) groups excluding carboxylic acids is 1. The minimum atomic E-state index is -0.117. The van der Waals surface area contributed by atoms with Gasteiger partial charge in [-0.2, -0.15) is 0 Å². The molecule has 1 aromatic rings. The highest BCUT2D eigenvalue weighted by atomic mass is 16.1. The van der Waals surface area contributed by atoms with Gasteiger partial charge in [0.25, 0.3) is 0 Å². The van der Waals surface area contributed by atoms with Crippen LogP contribution in [0.4, 0.5) is 0 Å². The Hall–Kier alpha value is -1.11. The zero-order valence-electron chi connectivity index (χ0n) is 12.3. The molecule has 1 saturated carbocycles. The lowest BCUT2D eigenvalue weighted by Gasteiger charge is -2.53. The van der Waals surface area contributed by atoms with E-state index in [-0.39, 0.29) is 10.8 Å². The smallest absolute Gasteiger partial charge is 0.126 e. The fraction of sp³-hybridized carbons (Fsp3) is 0.611. The maximum atomic E-state index is 11.7. The lowest BCUT2D eigenvalue weighted by Crippen LogP contribution is -2.49. The lowest BCUT2D eigenvalue weighted by atomic mass is 9.50. The fourth-order valence-corrected chi connectivity index (χ4v) is 4.76. The van der Waals surface area contributed by atoms with Crippen LogP contribution in [0.5, 0.6) is 0 Å². The third-order valence-corrected chi connectivity index (χ3v) is 5.83. The molecule has 3 rings (SSSR count). The van der Waals surface area contributed by atoms with Crippen molar-refractivity contribution in [1.29, 1.82) is 0 Å². The second-order valence-corrected chi connectivity index (χ2v) is 7.15. The van der Waals surface area contributed by atoms with Gasteiger partial charge in [0.15, 0.2) is 0 Å². The normalized spacial score (nSPS) is 37.3. The summed E-state index contributed by atoms with van der Waals surface area (Å²) in [5.74, 6) is 0.514. The molecule has 2 aliphatic carbocycles. The predicted octanol–water partition coefficient (Wildman–Crippen LogP) is 4.20. The Balaban J connectivity index is 2.14. The number of benzene rings is 1.